The van der Waals surface area contributed by atoms with Crippen LogP contribution in [0.3, 0.4) is 0 Å². The molecule has 0 aromatic heterocycles. The minimum absolute atomic E-state index is 0.0579. The molecule has 0 aromatic rings. The molecule has 0 N–H and O–H groups in total. The molecule has 68 valence electrons. The van der Waals surface area contributed by atoms with Gasteiger partial charge in [0.1, 0.15) is 6.04 Å². The average molecular weight is 169 g/mol. The average Bonchev–Trinajstić information content (AvgIpc) is 2.65. The van der Waals surface area contributed by atoms with Crippen molar-refractivity contribution in [3.05, 3.63) is 0 Å². The number of carbonyl (C=O) groups excluding carboxylic acids is 1. The molecule has 3 heteroatoms. The number of rotatable bonds is 2. The fraction of sp³-hybridized carbons (Fsp3) is 0.889. The molecule has 2 aliphatic rings. The summed E-state index contributed by atoms with van der Waals surface area (Å²) in [5.74, 6) is -0.0608. The lowest BCUT2D eigenvalue weighted by molar-refractivity contribution is -0.154. The van der Waals surface area contributed by atoms with Crippen molar-refractivity contribution in [2.45, 2.75) is 37.8 Å². The monoisotopic (exact) mass is 169 g/mol. The smallest absolute Gasteiger partial charge is 0.323 e. The van der Waals surface area contributed by atoms with E-state index < -0.39 is 0 Å². The lowest BCUT2D eigenvalue weighted by Gasteiger charge is -2.43. The maximum atomic E-state index is 11.2. The molecule has 12 heavy (non-hydrogen) atoms. The van der Waals surface area contributed by atoms with Gasteiger partial charge in [0.2, 0.25) is 0 Å². The Balaban J connectivity index is 1.97. The van der Waals surface area contributed by atoms with Gasteiger partial charge >= 0.3 is 5.97 Å². The number of methoxy groups -OCH3 is 1. The van der Waals surface area contributed by atoms with Crippen molar-refractivity contribution in [3.63, 3.8) is 0 Å². The molecule has 2 fully saturated rings. The van der Waals surface area contributed by atoms with Gasteiger partial charge in [-0.15, -0.1) is 0 Å². The van der Waals surface area contributed by atoms with Crippen LogP contribution in [0.25, 0.3) is 0 Å². The number of esters is 1. The van der Waals surface area contributed by atoms with Gasteiger partial charge in [0, 0.05) is 12.1 Å². The summed E-state index contributed by atoms with van der Waals surface area (Å²) in [7, 11) is 1.47. The quantitative estimate of drug-likeness (QED) is 0.572. The molecule has 0 spiro atoms. The number of hydrogen-bond acceptors (Lipinski definition) is 3. The third kappa shape index (κ3) is 1.04. The van der Waals surface area contributed by atoms with Gasteiger partial charge in [0.05, 0.1) is 7.11 Å². The van der Waals surface area contributed by atoms with Crippen molar-refractivity contribution in [3.8, 4) is 0 Å². The fourth-order valence-electron chi connectivity index (χ4n) is 1.88. The van der Waals surface area contributed by atoms with Crippen molar-refractivity contribution in [2.75, 3.05) is 13.7 Å². The van der Waals surface area contributed by atoms with Crippen LogP contribution in [0.15, 0.2) is 0 Å². The van der Waals surface area contributed by atoms with Crippen LogP contribution in [0.1, 0.15) is 26.2 Å². The molecule has 1 saturated heterocycles. The Morgan fingerprint density at radius 3 is 2.58 bits per heavy atom. The van der Waals surface area contributed by atoms with Crippen molar-refractivity contribution < 1.29 is 9.53 Å². The molecule has 1 unspecified atom stereocenters. The van der Waals surface area contributed by atoms with Crippen LogP contribution >= 0.6 is 0 Å². The standard InChI is InChI=1S/C9H15NO2/c1-9(4-5-9)10-6-3-7(10)8(11)12-2/h7H,3-6H2,1-2H3. The zero-order valence-corrected chi connectivity index (χ0v) is 7.67. The number of ether oxygens (including phenoxy) is 1. The summed E-state index contributed by atoms with van der Waals surface area (Å²) >= 11 is 0. The Bertz CT molecular complexity index is 211. The van der Waals surface area contributed by atoms with Crippen LogP contribution in [0.2, 0.25) is 0 Å². The number of carbonyl (C=O) groups is 1. The molecule has 1 atom stereocenters. The first-order chi connectivity index (χ1) is 5.67. The van der Waals surface area contributed by atoms with Crippen LogP contribution in [0.5, 0.6) is 0 Å². The van der Waals surface area contributed by atoms with Crippen molar-refractivity contribution in [2.24, 2.45) is 0 Å². The van der Waals surface area contributed by atoms with Crippen LogP contribution in [0, 0.1) is 0 Å². The minimum Gasteiger partial charge on any atom is -0.468 e. The highest BCUT2D eigenvalue weighted by Gasteiger charge is 2.52. The first kappa shape index (κ1) is 8.05. The van der Waals surface area contributed by atoms with Gasteiger partial charge < -0.3 is 4.74 Å². The van der Waals surface area contributed by atoms with Crippen molar-refractivity contribution >= 4 is 5.97 Å². The Hall–Kier alpha value is -0.570. The predicted octanol–water partition coefficient (Wildman–Crippen LogP) is 0.786. The van der Waals surface area contributed by atoms with E-state index in [1.165, 1.54) is 20.0 Å². The zero-order chi connectivity index (χ0) is 8.77. The van der Waals surface area contributed by atoms with E-state index in [-0.39, 0.29) is 12.0 Å². The molecule has 0 radical (unpaired) electrons. The van der Waals surface area contributed by atoms with Gasteiger partial charge in [-0.2, -0.15) is 0 Å². The second kappa shape index (κ2) is 2.46. The van der Waals surface area contributed by atoms with Crippen LogP contribution in [-0.4, -0.2) is 36.1 Å². The lowest BCUT2D eigenvalue weighted by atomic mass is 9.99. The number of nitrogens with zero attached hydrogens (tertiary/aromatic N) is 1. The molecule has 1 heterocycles. The molecule has 1 aliphatic heterocycles. The summed E-state index contributed by atoms with van der Waals surface area (Å²) in [6, 6.07) is 0.0579. The predicted molar refractivity (Wildman–Crippen MR) is 44.8 cm³/mol. The SMILES string of the molecule is COC(=O)C1CCN1C1(C)CC1. The van der Waals surface area contributed by atoms with E-state index in [9.17, 15) is 4.79 Å². The normalized spacial score (nSPS) is 32.3. The Morgan fingerprint density at radius 1 is 1.58 bits per heavy atom. The Labute approximate surface area is 72.7 Å². The van der Waals surface area contributed by atoms with Crippen LogP contribution < -0.4 is 0 Å². The second-order valence-corrected chi connectivity index (χ2v) is 4.02. The zero-order valence-electron chi connectivity index (χ0n) is 7.67. The lowest BCUT2D eigenvalue weighted by Crippen LogP contribution is -2.57. The van der Waals surface area contributed by atoms with Crippen molar-refractivity contribution in [1.82, 2.24) is 4.90 Å². The molecule has 0 aromatic carbocycles. The van der Waals surface area contributed by atoms with E-state index in [4.69, 9.17) is 4.74 Å². The molecule has 2 rings (SSSR count). The second-order valence-electron chi connectivity index (χ2n) is 4.02. The van der Waals surface area contributed by atoms with E-state index >= 15 is 0 Å². The van der Waals surface area contributed by atoms with Gasteiger partial charge in [0.25, 0.3) is 0 Å². The molecule has 0 bridgehead atoms. The first-order valence-electron chi connectivity index (χ1n) is 4.52. The highest BCUT2D eigenvalue weighted by molar-refractivity contribution is 5.76. The molecule has 1 aliphatic carbocycles. The number of hydrogen-bond donors (Lipinski definition) is 0. The third-order valence-corrected chi connectivity index (χ3v) is 3.16. The summed E-state index contributed by atoms with van der Waals surface area (Å²) < 4.78 is 4.73. The van der Waals surface area contributed by atoms with Gasteiger partial charge in [-0.05, 0) is 26.2 Å². The molecular formula is C9H15NO2. The fourth-order valence-corrected chi connectivity index (χ4v) is 1.88. The highest BCUT2D eigenvalue weighted by atomic mass is 16.5. The molecule has 3 nitrogen and oxygen atoms in total. The van der Waals surface area contributed by atoms with E-state index in [0.29, 0.717) is 5.54 Å². The maximum Gasteiger partial charge on any atom is 0.323 e. The first-order valence-corrected chi connectivity index (χ1v) is 4.52. The Morgan fingerprint density at radius 2 is 2.25 bits per heavy atom. The van der Waals surface area contributed by atoms with Crippen molar-refractivity contribution in [1.29, 1.82) is 0 Å². The maximum absolute atomic E-state index is 11.2. The van der Waals surface area contributed by atoms with Gasteiger partial charge in [0.15, 0.2) is 0 Å². The number of likely N-dealkylation sites (tertiary alicyclic amines) is 1. The summed E-state index contributed by atoms with van der Waals surface area (Å²) in [6.07, 6.45) is 3.45. The summed E-state index contributed by atoms with van der Waals surface area (Å²) in [4.78, 5) is 13.5. The largest absolute Gasteiger partial charge is 0.468 e. The molecule has 0 amide bonds. The summed E-state index contributed by atoms with van der Waals surface area (Å²) in [5, 5.41) is 0. The summed E-state index contributed by atoms with van der Waals surface area (Å²) in [6.45, 7) is 3.29. The van der Waals surface area contributed by atoms with E-state index in [1.807, 2.05) is 0 Å². The Kier molecular flexibility index (Phi) is 1.65. The van der Waals surface area contributed by atoms with Gasteiger partial charge in [-0.25, -0.2) is 0 Å². The topological polar surface area (TPSA) is 29.5 Å². The molecular weight excluding hydrogens is 154 g/mol. The summed E-state index contributed by atoms with van der Waals surface area (Å²) in [5.41, 5.74) is 0.330. The third-order valence-electron chi connectivity index (χ3n) is 3.16. The highest BCUT2D eigenvalue weighted by Crippen LogP contribution is 2.45. The van der Waals surface area contributed by atoms with Gasteiger partial charge in [-0.3, -0.25) is 9.69 Å². The van der Waals surface area contributed by atoms with E-state index in [1.54, 1.807) is 0 Å². The molecule has 1 saturated carbocycles. The van der Waals surface area contributed by atoms with E-state index in [2.05, 4.69) is 11.8 Å². The minimum atomic E-state index is -0.0608. The van der Waals surface area contributed by atoms with E-state index in [0.717, 1.165) is 13.0 Å². The van der Waals surface area contributed by atoms with Crippen LogP contribution in [-0.2, 0) is 9.53 Å². The van der Waals surface area contributed by atoms with Crippen LogP contribution in [0.4, 0.5) is 0 Å². The van der Waals surface area contributed by atoms with Gasteiger partial charge in [-0.1, -0.05) is 0 Å².